The molecular formula is C24H23N5O4S. The molecule has 1 aromatic carbocycles. The number of amides is 1. The number of aryl methyl sites for hydroxylation is 1. The lowest BCUT2D eigenvalue weighted by Gasteiger charge is -2.04. The Bertz CT molecular complexity index is 1380. The van der Waals surface area contributed by atoms with Gasteiger partial charge in [0, 0.05) is 37.6 Å². The van der Waals surface area contributed by atoms with E-state index in [4.69, 9.17) is 4.74 Å². The van der Waals surface area contributed by atoms with Crippen molar-refractivity contribution < 1.29 is 19.1 Å². The van der Waals surface area contributed by atoms with E-state index in [0.717, 1.165) is 16.3 Å². The number of hydrogen-bond donors (Lipinski definition) is 2. The summed E-state index contributed by atoms with van der Waals surface area (Å²) < 4.78 is 6.74. The SMILES string of the molecule is COC(=O)c1c(CC(=O)Nc2nc(-c3ccccc3)c(-c3nccn3C)s2)[nH]c(C(C)=O)c1C. The summed E-state index contributed by atoms with van der Waals surface area (Å²) in [4.78, 5) is 50.0. The van der Waals surface area contributed by atoms with Gasteiger partial charge in [-0.05, 0) is 12.5 Å². The Balaban J connectivity index is 1.66. The maximum Gasteiger partial charge on any atom is 0.339 e. The van der Waals surface area contributed by atoms with Crippen LogP contribution in [0.3, 0.4) is 0 Å². The summed E-state index contributed by atoms with van der Waals surface area (Å²) in [6, 6.07) is 9.65. The fourth-order valence-corrected chi connectivity index (χ4v) is 4.79. The number of imidazole rings is 1. The molecule has 34 heavy (non-hydrogen) atoms. The summed E-state index contributed by atoms with van der Waals surface area (Å²) in [6.45, 7) is 3.04. The average molecular weight is 478 g/mol. The maximum absolute atomic E-state index is 12.9. The van der Waals surface area contributed by atoms with Gasteiger partial charge in [-0.15, -0.1) is 0 Å². The number of H-pyrrole nitrogens is 1. The molecule has 0 spiro atoms. The summed E-state index contributed by atoms with van der Waals surface area (Å²) in [5, 5.41) is 3.22. The average Bonchev–Trinajstić information content (AvgIpc) is 3.50. The lowest BCUT2D eigenvalue weighted by atomic mass is 10.1. The van der Waals surface area contributed by atoms with Crippen LogP contribution < -0.4 is 5.32 Å². The van der Waals surface area contributed by atoms with Crippen LogP contribution in [-0.2, 0) is 23.0 Å². The second-order valence-corrected chi connectivity index (χ2v) is 8.67. The van der Waals surface area contributed by atoms with Crippen molar-refractivity contribution in [2.75, 3.05) is 12.4 Å². The van der Waals surface area contributed by atoms with Gasteiger partial charge in [-0.3, -0.25) is 9.59 Å². The van der Waals surface area contributed by atoms with Crippen molar-refractivity contribution in [1.82, 2.24) is 19.5 Å². The van der Waals surface area contributed by atoms with E-state index in [0.29, 0.717) is 22.1 Å². The van der Waals surface area contributed by atoms with Crippen LogP contribution in [0.25, 0.3) is 22.0 Å². The number of Topliss-reactive ketones (excluding diaryl/α,β-unsaturated/α-hetero) is 1. The first kappa shape index (κ1) is 23.1. The van der Waals surface area contributed by atoms with Gasteiger partial charge in [0.15, 0.2) is 16.7 Å². The first-order valence-corrected chi connectivity index (χ1v) is 11.3. The molecule has 0 atom stereocenters. The molecule has 3 aromatic heterocycles. The van der Waals surface area contributed by atoms with Crippen molar-refractivity contribution in [2.45, 2.75) is 20.3 Å². The van der Waals surface area contributed by atoms with E-state index in [1.807, 2.05) is 48.1 Å². The van der Waals surface area contributed by atoms with Crippen LogP contribution in [0, 0.1) is 6.92 Å². The van der Waals surface area contributed by atoms with Crippen LogP contribution in [0.2, 0.25) is 0 Å². The Hall–Kier alpha value is -4.05. The van der Waals surface area contributed by atoms with Crippen LogP contribution in [0.1, 0.15) is 39.0 Å². The molecule has 10 heteroatoms. The molecule has 0 saturated heterocycles. The van der Waals surface area contributed by atoms with Crippen LogP contribution in [0.4, 0.5) is 5.13 Å². The molecule has 2 N–H and O–H groups in total. The van der Waals surface area contributed by atoms with E-state index in [2.05, 4.69) is 20.3 Å². The second-order valence-electron chi connectivity index (χ2n) is 7.68. The fourth-order valence-electron chi connectivity index (χ4n) is 3.75. The zero-order chi connectivity index (χ0) is 24.4. The monoisotopic (exact) mass is 477 g/mol. The fraction of sp³-hybridized carbons (Fsp3) is 0.208. The van der Waals surface area contributed by atoms with E-state index < -0.39 is 5.97 Å². The zero-order valence-electron chi connectivity index (χ0n) is 19.1. The quantitative estimate of drug-likeness (QED) is 0.307. The third-order valence-corrected chi connectivity index (χ3v) is 6.32. The number of hydrogen-bond acceptors (Lipinski definition) is 7. The number of aromatic amines is 1. The number of methoxy groups -OCH3 is 1. The summed E-state index contributed by atoms with van der Waals surface area (Å²) in [7, 11) is 3.15. The third kappa shape index (κ3) is 4.40. The summed E-state index contributed by atoms with van der Waals surface area (Å²) in [5.41, 5.74) is 2.86. The molecule has 174 valence electrons. The smallest absolute Gasteiger partial charge is 0.339 e. The highest BCUT2D eigenvalue weighted by Gasteiger charge is 2.25. The molecular weight excluding hydrogens is 454 g/mol. The maximum atomic E-state index is 12.9. The molecule has 0 bridgehead atoms. The first-order chi connectivity index (χ1) is 16.3. The third-order valence-electron chi connectivity index (χ3n) is 5.35. The van der Waals surface area contributed by atoms with Gasteiger partial charge in [-0.2, -0.15) is 0 Å². The number of carbonyl (C=O) groups is 3. The van der Waals surface area contributed by atoms with Crippen LogP contribution in [0.15, 0.2) is 42.7 Å². The largest absolute Gasteiger partial charge is 0.465 e. The predicted molar refractivity (Wildman–Crippen MR) is 129 cm³/mol. The van der Waals surface area contributed by atoms with Crippen molar-refractivity contribution >= 4 is 34.1 Å². The molecule has 4 aromatic rings. The number of benzene rings is 1. The van der Waals surface area contributed by atoms with E-state index >= 15 is 0 Å². The van der Waals surface area contributed by atoms with Crippen molar-refractivity contribution in [2.24, 2.45) is 7.05 Å². The van der Waals surface area contributed by atoms with Gasteiger partial charge >= 0.3 is 5.97 Å². The van der Waals surface area contributed by atoms with E-state index in [-0.39, 0.29) is 29.4 Å². The Labute approximate surface area is 199 Å². The van der Waals surface area contributed by atoms with Crippen molar-refractivity contribution in [3.05, 3.63) is 65.2 Å². The van der Waals surface area contributed by atoms with Crippen LogP contribution in [-0.4, -0.2) is 44.3 Å². The second kappa shape index (κ2) is 9.44. The molecule has 0 unspecified atom stereocenters. The lowest BCUT2D eigenvalue weighted by molar-refractivity contribution is -0.115. The van der Waals surface area contributed by atoms with Gasteiger partial charge in [-0.1, -0.05) is 41.7 Å². The van der Waals surface area contributed by atoms with Gasteiger partial charge in [0.25, 0.3) is 0 Å². The number of ether oxygens (including phenoxy) is 1. The molecule has 1 amide bonds. The highest BCUT2D eigenvalue weighted by molar-refractivity contribution is 7.19. The molecule has 0 aliphatic rings. The van der Waals surface area contributed by atoms with Crippen LogP contribution >= 0.6 is 11.3 Å². The lowest BCUT2D eigenvalue weighted by Crippen LogP contribution is -2.17. The topological polar surface area (TPSA) is 119 Å². The number of esters is 1. The standard InChI is InChI=1S/C24H23N5O4S/c1-13-18(23(32)33-4)16(26-19(13)14(2)30)12-17(31)27-24-28-20(15-8-6-5-7-9-15)21(34-24)22-25-10-11-29(22)3/h5-11,26H,12H2,1-4H3,(H,27,28,31). The Morgan fingerprint density at radius 1 is 1.21 bits per heavy atom. The van der Waals surface area contributed by atoms with Crippen molar-refractivity contribution in [3.63, 3.8) is 0 Å². The number of aromatic nitrogens is 4. The molecule has 3 heterocycles. The first-order valence-electron chi connectivity index (χ1n) is 10.4. The van der Waals surface area contributed by atoms with E-state index in [9.17, 15) is 14.4 Å². The molecule has 0 radical (unpaired) electrons. The number of thiazole rings is 1. The Morgan fingerprint density at radius 2 is 1.94 bits per heavy atom. The highest BCUT2D eigenvalue weighted by Crippen LogP contribution is 2.38. The van der Waals surface area contributed by atoms with Crippen molar-refractivity contribution in [3.8, 4) is 22.0 Å². The predicted octanol–water partition coefficient (Wildman–Crippen LogP) is 4.02. The molecule has 0 fully saturated rings. The summed E-state index contributed by atoms with van der Waals surface area (Å²) in [6.07, 6.45) is 3.39. The minimum absolute atomic E-state index is 0.156. The Morgan fingerprint density at radius 3 is 2.56 bits per heavy atom. The molecule has 9 nitrogen and oxygen atoms in total. The zero-order valence-corrected chi connectivity index (χ0v) is 19.9. The van der Waals surface area contributed by atoms with Crippen molar-refractivity contribution in [1.29, 1.82) is 0 Å². The van der Waals surface area contributed by atoms with Crippen LogP contribution in [0.5, 0.6) is 0 Å². The van der Waals surface area contributed by atoms with Gasteiger partial charge in [0.2, 0.25) is 5.91 Å². The Kier molecular flexibility index (Phi) is 6.42. The normalized spacial score (nSPS) is 10.8. The molecule has 0 saturated carbocycles. The summed E-state index contributed by atoms with van der Waals surface area (Å²) in [5.74, 6) is -0.500. The van der Waals surface area contributed by atoms with Gasteiger partial charge in [-0.25, -0.2) is 14.8 Å². The molecule has 4 rings (SSSR count). The molecule has 0 aliphatic carbocycles. The van der Waals surface area contributed by atoms with Gasteiger partial charge in [0.1, 0.15) is 0 Å². The van der Waals surface area contributed by atoms with Gasteiger partial charge in [0.05, 0.1) is 35.4 Å². The number of ketones is 1. The minimum atomic E-state index is -0.610. The number of nitrogens with zero attached hydrogens (tertiary/aromatic N) is 3. The number of nitrogens with one attached hydrogen (secondary N) is 2. The van der Waals surface area contributed by atoms with E-state index in [1.54, 1.807) is 13.1 Å². The number of rotatable bonds is 7. The van der Waals surface area contributed by atoms with Gasteiger partial charge < -0.3 is 19.6 Å². The number of anilines is 1. The van der Waals surface area contributed by atoms with E-state index in [1.165, 1.54) is 25.4 Å². The molecule has 0 aliphatic heterocycles. The highest BCUT2D eigenvalue weighted by atomic mass is 32.1. The summed E-state index contributed by atoms with van der Waals surface area (Å²) >= 11 is 1.31. The number of carbonyl (C=O) groups excluding carboxylic acids is 3. The minimum Gasteiger partial charge on any atom is -0.465 e.